The summed E-state index contributed by atoms with van der Waals surface area (Å²) in [5.74, 6) is -0.272. The van der Waals surface area contributed by atoms with Crippen LogP contribution in [0.4, 0.5) is 0 Å². The van der Waals surface area contributed by atoms with Crippen LogP contribution in [0.5, 0.6) is 0 Å². The summed E-state index contributed by atoms with van der Waals surface area (Å²) in [6.07, 6.45) is 1.52. The summed E-state index contributed by atoms with van der Waals surface area (Å²) in [5, 5.41) is 12.2. The van der Waals surface area contributed by atoms with Crippen molar-refractivity contribution in [3.8, 4) is 0 Å². The molecule has 1 saturated heterocycles. The number of likely N-dealkylation sites (tertiary alicyclic amines) is 1. The highest BCUT2D eigenvalue weighted by Gasteiger charge is 2.35. The molecule has 0 spiro atoms. The Labute approximate surface area is 123 Å². The Hall–Kier alpha value is -1.86. The highest BCUT2D eigenvalue weighted by molar-refractivity contribution is 6.61. The van der Waals surface area contributed by atoms with E-state index in [-0.39, 0.29) is 11.8 Å². The van der Waals surface area contributed by atoms with E-state index >= 15 is 0 Å². The predicted molar refractivity (Wildman–Crippen MR) is 77.0 cm³/mol. The summed E-state index contributed by atoms with van der Waals surface area (Å²) in [6, 6.07) is 4.74. The van der Waals surface area contributed by atoms with Gasteiger partial charge in [-0.3, -0.25) is 9.59 Å². The number of benzene rings is 1. The van der Waals surface area contributed by atoms with E-state index in [1.165, 1.54) is 0 Å². The molecule has 2 N–H and O–H groups in total. The molecule has 0 aromatic heterocycles. The fraction of sp³-hybridized carbons (Fsp3) is 0.429. The molecule has 0 radical (unpaired) electrons. The number of hydrogen-bond donors (Lipinski definition) is 2. The number of carbonyl (C=O) groups is 2. The van der Waals surface area contributed by atoms with Gasteiger partial charge in [-0.25, -0.2) is 0 Å². The van der Waals surface area contributed by atoms with Gasteiger partial charge in [0.05, 0.1) is 6.61 Å². The van der Waals surface area contributed by atoms with E-state index in [1.807, 2.05) is 0 Å². The maximum atomic E-state index is 12.6. The van der Waals surface area contributed by atoms with Gasteiger partial charge in [-0.2, -0.15) is 0 Å². The number of rotatable bonds is 2. The Morgan fingerprint density at radius 3 is 3.05 bits per heavy atom. The van der Waals surface area contributed by atoms with Crippen LogP contribution in [-0.2, 0) is 16.1 Å². The van der Waals surface area contributed by atoms with E-state index in [4.69, 9.17) is 4.65 Å². The normalized spacial score (nSPS) is 20.6. The van der Waals surface area contributed by atoms with Gasteiger partial charge in [0, 0.05) is 19.2 Å². The van der Waals surface area contributed by atoms with Crippen molar-refractivity contribution >= 4 is 24.4 Å². The minimum Gasteiger partial charge on any atom is -0.423 e. The second-order valence-corrected chi connectivity index (χ2v) is 5.35. The molecule has 7 heteroatoms. The highest BCUT2D eigenvalue weighted by atomic mass is 16.5. The fourth-order valence-corrected chi connectivity index (χ4v) is 2.98. The van der Waals surface area contributed by atoms with Crippen molar-refractivity contribution in [3.05, 3.63) is 29.3 Å². The molecule has 21 heavy (non-hydrogen) atoms. The Bertz CT molecular complexity index is 592. The molecular weight excluding hydrogens is 271 g/mol. The lowest BCUT2D eigenvalue weighted by Crippen LogP contribution is -2.45. The number of fused-ring (bicyclic) bond motifs is 1. The van der Waals surface area contributed by atoms with Gasteiger partial charge in [0.25, 0.3) is 5.91 Å². The highest BCUT2D eigenvalue weighted by Crippen LogP contribution is 2.21. The second kappa shape index (κ2) is 5.50. The van der Waals surface area contributed by atoms with Crippen molar-refractivity contribution in [1.82, 2.24) is 10.2 Å². The van der Waals surface area contributed by atoms with Crippen LogP contribution in [0.2, 0.25) is 0 Å². The van der Waals surface area contributed by atoms with Gasteiger partial charge < -0.3 is 19.9 Å². The summed E-state index contributed by atoms with van der Waals surface area (Å²) in [5.41, 5.74) is 2.06. The summed E-state index contributed by atoms with van der Waals surface area (Å²) in [4.78, 5) is 26.1. The number of likely N-dealkylation sites (N-methyl/N-ethyl adjacent to an activating group) is 1. The predicted octanol–water partition coefficient (Wildman–Crippen LogP) is -0.745. The molecule has 2 aliphatic rings. The molecule has 1 fully saturated rings. The van der Waals surface area contributed by atoms with E-state index in [9.17, 15) is 14.6 Å². The van der Waals surface area contributed by atoms with Crippen molar-refractivity contribution in [1.29, 1.82) is 0 Å². The zero-order chi connectivity index (χ0) is 15.0. The standard InChI is InChI=1S/C14H17BN2O4/c1-16-13(18)12-3-2-6-17(12)14(19)9-4-5-11-10(7-9)8-21-15(11)20/h4-5,7,12,20H,2-3,6,8H2,1H3,(H,16,18). The van der Waals surface area contributed by atoms with Crippen molar-refractivity contribution in [2.24, 2.45) is 0 Å². The molecule has 2 amide bonds. The summed E-state index contributed by atoms with van der Waals surface area (Å²) in [7, 11) is 0.673. The SMILES string of the molecule is CNC(=O)C1CCCN1C(=O)c1ccc2c(c1)COB2O. The number of nitrogens with one attached hydrogen (secondary N) is 1. The van der Waals surface area contributed by atoms with E-state index < -0.39 is 13.2 Å². The molecule has 6 nitrogen and oxygen atoms in total. The molecule has 1 aromatic carbocycles. The maximum absolute atomic E-state index is 12.6. The van der Waals surface area contributed by atoms with Crippen LogP contribution in [0.25, 0.3) is 0 Å². The van der Waals surface area contributed by atoms with Crippen LogP contribution in [0, 0.1) is 0 Å². The summed E-state index contributed by atoms with van der Waals surface area (Å²) in [6.45, 7) is 0.892. The van der Waals surface area contributed by atoms with E-state index in [2.05, 4.69) is 5.32 Å². The lowest BCUT2D eigenvalue weighted by molar-refractivity contribution is -0.124. The quantitative estimate of drug-likeness (QED) is 0.702. The maximum Gasteiger partial charge on any atom is 0.491 e. The molecule has 1 unspecified atom stereocenters. The number of hydrogen-bond acceptors (Lipinski definition) is 4. The first kappa shape index (κ1) is 14.1. The monoisotopic (exact) mass is 288 g/mol. The first-order chi connectivity index (χ1) is 10.1. The Balaban J connectivity index is 1.84. The van der Waals surface area contributed by atoms with Crippen molar-refractivity contribution < 1.29 is 19.3 Å². The Kier molecular flexibility index (Phi) is 3.69. The van der Waals surface area contributed by atoms with E-state index in [1.54, 1.807) is 30.1 Å². The van der Waals surface area contributed by atoms with Crippen LogP contribution < -0.4 is 10.8 Å². The van der Waals surface area contributed by atoms with Crippen molar-refractivity contribution in [2.75, 3.05) is 13.6 Å². The fourth-order valence-electron chi connectivity index (χ4n) is 2.98. The third-order valence-electron chi connectivity index (χ3n) is 4.12. The van der Waals surface area contributed by atoms with Crippen LogP contribution >= 0.6 is 0 Å². The van der Waals surface area contributed by atoms with Gasteiger partial charge >= 0.3 is 7.12 Å². The average molecular weight is 288 g/mol. The van der Waals surface area contributed by atoms with E-state index in [0.29, 0.717) is 30.6 Å². The molecule has 2 heterocycles. The van der Waals surface area contributed by atoms with Crippen LogP contribution in [0.3, 0.4) is 0 Å². The van der Waals surface area contributed by atoms with Gasteiger partial charge in [-0.15, -0.1) is 0 Å². The molecule has 1 aromatic rings. The molecule has 2 aliphatic heterocycles. The molecule has 0 bridgehead atoms. The molecule has 0 aliphatic carbocycles. The average Bonchev–Trinajstić information content (AvgIpc) is 3.12. The van der Waals surface area contributed by atoms with Crippen LogP contribution in [0.15, 0.2) is 18.2 Å². The van der Waals surface area contributed by atoms with Crippen molar-refractivity contribution in [2.45, 2.75) is 25.5 Å². The molecule has 1 atom stereocenters. The minimum absolute atomic E-state index is 0.124. The third-order valence-corrected chi connectivity index (χ3v) is 4.12. The zero-order valence-electron chi connectivity index (χ0n) is 11.8. The number of amides is 2. The first-order valence-electron chi connectivity index (χ1n) is 7.07. The second-order valence-electron chi connectivity index (χ2n) is 5.35. The molecule has 3 rings (SSSR count). The van der Waals surface area contributed by atoms with E-state index in [0.717, 1.165) is 12.0 Å². The van der Waals surface area contributed by atoms with Crippen LogP contribution in [0.1, 0.15) is 28.8 Å². The third kappa shape index (κ3) is 2.43. The summed E-state index contributed by atoms with van der Waals surface area (Å²) < 4.78 is 5.13. The lowest BCUT2D eigenvalue weighted by atomic mass is 9.79. The van der Waals surface area contributed by atoms with Gasteiger partial charge in [0.2, 0.25) is 5.91 Å². The largest absolute Gasteiger partial charge is 0.491 e. The molecule has 110 valence electrons. The molecular formula is C14H17BN2O4. The lowest BCUT2D eigenvalue weighted by Gasteiger charge is -2.23. The van der Waals surface area contributed by atoms with Gasteiger partial charge in [0.15, 0.2) is 0 Å². The smallest absolute Gasteiger partial charge is 0.423 e. The van der Waals surface area contributed by atoms with Gasteiger partial charge in [-0.1, -0.05) is 6.07 Å². The zero-order valence-corrected chi connectivity index (χ0v) is 11.8. The summed E-state index contributed by atoms with van der Waals surface area (Å²) >= 11 is 0. The number of nitrogens with zero attached hydrogens (tertiary/aromatic N) is 1. The Morgan fingerprint density at radius 1 is 1.48 bits per heavy atom. The minimum atomic E-state index is -0.908. The van der Waals surface area contributed by atoms with Crippen molar-refractivity contribution in [3.63, 3.8) is 0 Å². The van der Waals surface area contributed by atoms with Gasteiger partial charge in [0.1, 0.15) is 6.04 Å². The first-order valence-corrected chi connectivity index (χ1v) is 7.07. The topological polar surface area (TPSA) is 78.9 Å². The Morgan fingerprint density at radius 2 is 2.29 bits per heavy atom. The number of carbonyl (C=O) groups excluding carboxylic acids is 2. The van der Waals surface area contributed by atoms with Crippen LogP contribution in [-0.4, -0.2) is 48.5 Å². The van der Waals surface area contributed by atoms with Gasteiger partial charge in [-0.05, 0) is 36.0 Å². The molecule has 0 saturated carbocycles.